The fraction of sp³-hybridized carbons (Fsp3) is 0.462. The van der Waals surface area contributed by atoms with Crippen LogP contribution in [0.25, 0.3) is 0 Å². The van der Waals surface area contributed by atoms with Crippen LogP contribution in [0, 0.1) is 0 Å². The van der Waals surface area contributed by atoms with Crippen LogP contribution < -0.4 is 11.1 Å². The number of carbonyl (C=O) groups excluding carboxylic acids is 1. The van der Waals surface area contributed by atoms with E-state index in [1.165, 1.54) is 0 Å². The van der Waals surface area contributed by atoms with Crippen molar-refractivity contribution in [3.8, 4) is 0 Å². The smallest absolute Gasteiger partial charge is 0.253 e. The Balaban J connectivity index is 2.90. The van der Waals surface area contributed by atoms with Gasteiger partial charge in [0.2, 0.25) is 0 Å². The lowest BCUT2D eigenvalue weighted by Gasteiger charge is -2.28. The molecule has 0 aliphatic carbocycles. The first-order valence-corrected chi connectivity index (χ1v) is 6.17. The molecule has 0 saturated heterocycles. The lowest BCUT2D eigenvalue weighted by molar-refractivity contribution is 0.0901. The summed E-state index contributed by atoms with van der Waals surface area (Å²) in [5.74, 6) is -0.152. The molecule has 0 radical (unpaired) electrons. The highest BCUT2D eigenvalue weighted by atomic mass is 35.5. The predicted octanol–water partition coefficient (Wildman–Crippen LogP) is 3.23. The van der Waals surface area contributed by atoms with Crippen molar-refractivity contribution in [2.45, 2.75) is 39.2 Å². The Morgan fingerprint density at radius 1 is 1.41 bits per heavy atom. The van der Waals surface area contributed by atoms with Crippen LogP contribution >= 0.6 is 11.6 Å². The second kappa shape index (κ2) is 5.41. The SMILES string of the molecule is CCC(C)(CC)NC(=O)c1ccc(N)cc1Cl. The molecule has 0 saturated carbocycles. The van der Waals surface area contributed by atoms with Crippen LogP contribution in [0.2, 0.25) is 5.02 Å². The van der Waals surface area contributed by atoms with Crippen LogP contribution in [-0.2, 0) is 0 Å². The van der Waals surface area contributed by atoms with E-state index in [0.717, 1.165) is 12.8 Å². The Bertz CT molecular complexity index is 414. The molecular formula is C13H19ClN2O. The molecule has 0 fully saturated rings. The van der Waals surface area contributed by atoms with Gasteiger partial charge in [0.15, 0.2) is 0 Å². The van der Waals surface area contributed by atoms with E-state index >= 15 is 0 Å². The fourth-order valence-electron chi connectivity index (χ4n) is 1.48. The molecule has 0 unspecified atom stereocenters. The maximum atomic E-state index is 12.1. The van der Waals surface area contributed by atoms with Crippen LogP contribution in [0.4, 0.5) is 5.69 Å². The van der Waals surface area contributed by atoms with Crippen molar-refractivity contribution in [3.05, 3.63) is 28.8 Å². The molecule has 94 valence electrons. The number of benzene rings is 1. The van der Waals surface area contributed by atoms with Gasteiger partial charge in [-0.05, 0) is 38.0 Å². The number of halogens is 1. The predicted molar refractivity (Wildman–Crippen MR) is 72.3 cm³/mol. The molecule has 0 aliphatic rings. The fourth-order valence-corrected chi connectivity index (χ4v) is 1.76. The molecule has 0 bridgehead atoms. The number of hydrogen-bond donors (Lipinski definition) is 2. The second-order valence-corrected chi connectivity index (χ2v) is 4.87. The van der Waals surface area contributed by atoms with E-state index < -0.39 is 0 Å². The van der Waals surface area contributed by atoms with Gasteiger partial charge in [-0.2, -0.15) is 0 Å². The monoisotopic (exact) mass is 254 g/mol. The van der Waals surface area contributed by atoms with Crippen LogP contribution in [-0.4, -0.2) is 11.4 Å². The van der Waals surface area contributed by atoms with E-state index in [1.54, 1.807) is 18.2 Å². The van der Waals surface area contributed by atoms with Gasteiger partial charge in [-0.25, -0.2) is 0 Å². The zero-order valence-electron chi connectivity index (χ0n) is 10.5. The standard InChI is InChI=1S/C13H19ClN2O/c1-4-13(3,5-2)16-12(17)10-7-6-9(15)8-11(10)14/h6-8H,4-5,15H2,1-3H3,(H,16,17). The molecular weight excluding hydrogens is 236 g/mol. The van der Waals surface area contributed by atoms with Crippen molar-refractivity contribution in [2.24, 2.45) is 0 Å². The molecule has 0 aromatic heterocycles. The number of anilines is 1. The highest BCUT2D eigenvalue weighted by Crippen LogP contribution is 2.21. The summed E-state index contributed by atoms with van der Waals surface area (Å²) in [6, 6.07) is 4.92. The number of nitrogen functional groups attached to an aromatic ring is 1. The van der Waals surface area contributed by atoms with E-state index in [0.29, 0.717) is 16.3 Å². The van der Waals surface area contributed by atoms with Gasteiger partial charge in [-0.15, -0.1) is 0 Å². The molecule has 1 amide bonds. The number of nitrogens with two attached hydrogens (primary N) is 1. The summed E-state index contributed by atoms with van der Waals surface area (Å²) in [5, 5.41) is 3.39. The first-order valence-electron chi connectivity index (χ1n) is 5.79. The third kappa shape index (κ3) is 3.37. The van der Waals surface area contributed by atoms with Crippen molar-refractivity contribution in [1.29, 1.82) is 0 Å². The first kappa shape index (κ1) is 13.8. The van der Waals surface area contributed by atoms with Gasteiger partial charge >= 0.3 is 0 Å². The molecule has 1 rings (SSSR count). The number of rotatable bonds is 4. The van der Waals surface area contributed by atoms with Gasteiger partial charge in [-0.3, -0.25) is 4.79 Å². The van der Waals surface area contributed by atoms with Crippen molar-refractivity contribution >= 4 is 23.2 Å². The Labute approximate surface area is 107 Å². The second-order valence-electron chi connectivity index (χ2n) is 4.46. The highest BCUT2D eigenvalue weighted by Gasteiger charge is 2.23. The Morgan fingerprint density at radius 2 is 2.00 bits per heavy atom. The Kier molecular flexibility index (Phi) is 4.40. The molecule has 0 aliphatic heterocycles. The maximum absolute atomic E-state index is 12.1. The summed E-state index contributed by atoms with van der Waals surface area (Å²) < 4.78 is 0. The van der Waals surface area contributed by atoms with Gasteiger partial charge < -0.3 is 11.1 Å². The molecule has 1 aromatic rings. The van der Waals surface area contributed by atoms with E-state index in [-0.39, 0.29) is 11.4 Å². The maximum Gasteiger partial charge on any atom is 0.253 e. The molecule has 4 heteroatoms. The van der Waals surface area contributed by atoms with Gasteiger partial charge in [0.05, 0.1) is 10.6 Å². The minimum absolute atomic E-state index is 0.152. The summed E-state index contributed by atoms with van der Waals surface area (Å²) in [5.41, 5.74) is 6.42. The third-order valence-corrected chi connectivity index (χ3v) is 3.53. The first-order chi connectivity index (χ1) is 7.91. The van der Waals surface area contributed by atoms with E-state index in [4.69, 9.17) is 17.3 Å². The Hall–Kier alpha value is -1.22. The third-order valence-electron chi connectivity index (χ3n) is 3.21. The van der Waals surface area contributed by atoms with Gasteiger partial charge in [0.1, 0.15) is 0 Å². The topological polar surface area (TPSA) is 55.1 Å². The largest absolute Gasteiger partial charge is 0.399 e. The molecule has 0 spiro atoms. The van der Waals surface area contributed by atoms with Crippen LogP contribution in [0.1, 0.15) is 44.0 Å². The molecule has 17 heavy (non-hydrogen) atoms. The number of hydrogen-bond acceptors (Lipinski definition) is 2. The zero-order chi connectivity index (χ0) is 13.1. The molecule has 3 nitrogen and oxygen atoms in total. The highest BCUT2D eigenvalue weighted by molar-refractivity contribution is 6.34. The zero-order valence-corrected chi connectivity index (χ0v) is 11.3. The van der Waals surface area contributed by atoms with Crippen LogP contribution in [0.3, 0.4) is 0 Å². The molecule has 3 N–H and O–H groups in total. The van der Waals surface area contributed by atoms with Gasteiger partial charge in [-0.1, -0.05) is 25.4 Å². The molecule has 0 heterocycles. The number of amides is 1. The lowest BCUT2D eigenvalue weighted by Crippen LogP contribution is -2.45. The van der Waals surface area contributed by atoms with E-state index in [2.05, 4.69) is 5.32 Å². The number of carbonyl (C=O) groups is 1. The summed E-state index contributed by atoms with van der Waals surface area (Å²) in [4.78, 5) is 12.1. The van der Waals surface area contributed by atoms with E-state index in [9.17, 15) is 4.79 Å². The quantitative estimate of drug-likeness (QED) is 0.811. The normalized spacial score (nSPS) is 11.3. The summed E-state index contributed by atoms with van der Waals surface area (Å²) in [6.45, 7) is 6.12. The number of nitrogens with one attached hydrogen (secondary N) is 1. The summed E-state index contributed by atoms with van der Waals surface area (Å²) in [6.07, 6.45) is 1.75. The lowest BCUT2D eigenvalue weighted by atomic mass is 9.95. The van der Waals surface area contributed by atoms with Crippen molar-refractivity contribution in [2.75, 3.05) is 5.73 Å². The average molecular weight is 255 g/mol. The van der Waals surface area contributed by atoms with Crippen molar-refractivity contribution < 1.29 is 4.79 Å². The average Bonchev–Trinajstić information content (AvgIpc) is 2.28. The van der Waals surface area contributed by atoms with Crippen LogP contribution in [0.5, 0.6) is 0 Å². The Morgan fingerprint density at radius 3 is 2.47 bits per heavy atom. The van der Waals surface area contributed by atoms with Crippen molar-refractivity contribution in [1.82, 2.24) is 5.32 Å². The molecule has 0 atom stereocenters. The summed E-state index contributed by atoms with van der Waals surface area (Å²) >= 11 is 6.00. The summed E-state index contributed by atoms with van der Waals surface area (Å²) in [7, 11) is 0. The minimum Gasteiger partial charge on any atom is -0.399 e. The van der Waals surface area contributed by atoms with Gasteiger partial charge in [0, 0.05) is 11.2 Å². The molecule has 1 aromatic carbocycles. The van der Waals surface area contributed by atoms with Crippen LogP contribution in [0.15, 0.2) is 18.2 Å². The van der Waals surface area contributed by atoms with E-state index in [1.807, 2.05) is 20.8 Å². The van der Waals surface area contributed by atoms with Gasteiger partial charge in [0.25, 0.3) is 5.91 Å². The minimum atomic E-state index is -0.193. The van der Waals surface area contributed by atoms with Crippen molar-refractivity contribution in [3.63, 3.8) is 0 Å².